The Kier molecular flexibility index (Phi) is 8.88. The van der Waals surface area contributed by atoms with E-state index in [4.69, 9.17) is 5.73 Å². The largest absolute Gasteiger partial charge is 0.342 e. The van der Waals surface area contributed by atoms with E-state index in [9.17, 15) is 9.59 Å². The van der Waals surface area contributed by atoms with E-state index < -0.39 is 0 Å². The number of nitrogens with zero attached hydrogens (tertiary/aromatic N) is 2. The zero-order valence-electron chi connectivity index (χ0n) is 15.0. The first-order valence-corrected chi connectivity index (χ1v) is 9.92. The summed E-state index contributed by atoms with van der Waals surface area (Å²) in [6, 6.07) is 0.399. The minimum absolute atomic E-state index is 0. The normalized spacial score (nSPS) is 24.5. The van der Waals surface area contributed by atoms with Crippen LogP contribution in [0.4, 0.5) is 0 Å². The molecule has 0 radical (unpaired) electrons. The fourth-order valence-electron chi connectivity index (χ4n) is 3.49. The molecule has 2 fully saturated rings. The van der Waals surface area contributed by atoms with Crippen LogP contribution < -0.4 is 5.73 Å². The van der Waals surface area contributed by atoms with E-state index in [1.807, 2.05) is 16.8 Å². The van der Waals surface area contributed by atoms with Crippen molar-refractivity contribution >= 4 is 36.0 Å². The van der Waals surface area contributed by atoms with Crippen LogP contribution in [0.2, 0.25) is 0 Å². The Morgan fingerprint density at radius 3 is 2.50 bits per heavy atom. The molecule has 1 saturated heterocycles. The summed E-state index contributed by atoms with van der Waals surface area (Å²) in [5, 5.41) is 0. The Balaban J connectivity index is 0.00000288. The quantitative estimate of drug-likeness (QED) is 0.770. The second kappa shape index (κ2) is 9.88. The molecule has 24 heavy (non-hydrogen) atoms. The Labute approximate surface area is 156 Å². The Morgan fingerprint density at radius 2 is 1.92 bits per heavy atom. The van der Waals surface area contributed by atoms with Gasteiger partial charge in [-0.2, -0.15) is 0 Å². The minimum Gasteiger partial charge on any atom is -0.342 e. The fourth-order valence-corrected chi connectivity index (χ4v) is 4.33. The number of carbonyl (C=O) groups excluding carboxylic acids is 2. The minimum atomic E-state index is 0. The number of halogens is 1. The number of nitrogens with two attached hydrogens (primary N) is 1. The maximum atomic E-state index is 12.3. The molecule has 0 aromatic heterocycles. The molecule has 2 amide bonds. The molecule has 5 nitrogen and oxygen atoms in total. The number of amides is 2. The van der Waals surface area contributed by atoms with Gasteiger partial charge in [-0.3, -0.25) is 9.59 Å². The van der Waals surface area contributed by atoms with Gasteiger partial charge in [-0.15, -0.1) is 24.2 Å². The highest BCUT2D eigenvalue weighted by Gasteiger charge is 2.34. The van der Waals surface area contributed by atoms with Crippen LogP contribution >= 0.6 is 24.2 Å². The molecule has 140 valence electrons. The lowest BCUT2D eigenvalue weighted by Crippen LogP contribution is -2.39. The van der Waals surface area contributed by atoms with Crippen molar-refractivity contribution < 1.29 is 9.59 Å². The van der Waals surface area contributed by atoms with Crippen LogP contribution in [-0.4, -0.2) is 65.8 Å². The van der Waals surface area contributed by atoms with Gasteiger partial charge in [-0.05, 0) is 31.2 Å². The lowest BCUT2D eigenvalue weighted by molar-refractivity contribution is -0.129. The van der Waals surface area contributed by atoms with Crippen molar-refractivity contribution in [3.05, 3.63) is 0 Å². The van der Waals surface area contributed by atoms with Crippen LogP contribution in [-0.2, 0) is 9.59 Å². The van der Waals surface area contributed by atoms with E-state index >= 15 is 0 Å². The van der Waals surface area contributed by atoms with E-state index in [0.717, 1.165) is 32.4 Å². The number of hydrogen-bond acceptors (Lipinski definition) is 4. The molecular formula is C17H32ClN3O2S. The molecule has 2 N–H and O–H groups in total. The molecule has 0 spiro atoms. The molecular weight excluding hydrogens is 346 g/mol. The Bertz CT molecular complexity index is 418. The second-order valence-corrected chi connectivity index (χ2v) is 8.35. The summed E-state index contributed by atoms with van der Waals surface area (Å²) in [6.07, 6.45) is 6.96. The standard InChI is InChI=1S/C17H31N3O2S.ClH/c1-17(12-18)8-9-20(13-17)16(22)11-23-10-15(21)19(2)14-6-4-3-5-7-14;/h14H,3-13,18H2,1-2H3;1H. The smallest absolute Gasteiger partial charge is 0.232 e. The molecule has 1 atom stereocenters. The summed E-state index contributed by atoms with van der Waals surface area (Å²) in [4.78, 5) is 28.3. The molecule has 0 aromatic carbocycles. The van der Waals surface area contributed by atoms with Crippen LogP contribution in [0.25, 0.3) is 0 Å². The third kappa shape index (κ3) is 5.81. The van der Waals surface area contributed by atoms with Crippen molar-refractivity contribution in [2.45, 2.75) is 51.5 Å². The molecule has 7 heteroatoms. The predicted octanol–water partition coefficient (Wildman–Crippen LogP) is 2.13. The van der Waals surface area contributed by atoms with Gasteiger partial charge in [0.25, 0.3) is 0 Å². The molecule has 1 saturated carbocycles. The van der Waals surface area contributed by atoms with Crippen molar-refractivity contribution in [2.75, 3.05) is 38.2 Å². The van der Waals surface area contributed by atoms with Gasteiger partial charge in [-0.1, -0.05) is 26.2 Å². The van der Waals surface area contributed by atoms with Gasteiger partial charge in [0.2, 0.25) is 11.8 Å². The average molecular weight is 378 g/mol. The predicted molar refractivity (Wildman–Crippen MR) is 103 cm³/mol. The molecule has 0 aromatic rings. The molecule has 1 heterocycles. The third-order valence-electron chi connectivity index (χ3n) is 5.37. The highest BCUT2D eigenvalue weighted by Crippen LogP contribution is 2.29. The molecule has 1 unspecified atom stereocenters. The van der Waals surface area contributed by atoms with Gasteiger partial charge < -0.3 is 15.5 Å². The number of carbonyl (C=O) groups is 2. The van der Waals surface area contributed by atoms with Crippen LogP contribution in [0.15, 0.2) is 0 Å². The van der Waals surface area contributed by atoms with Crippen LogP contribution in [0, 0.1) is 5.41 Å². The van der Waals surface area contributed by atoms with E-state index in [-0.39, 0.29) is 29.6 Å². The zero-order chi connectivity index (χ0) is 16.9. The first kappa shape index (κ1) is 21.6. The lowest BCUT2D eigenvalue weighted by Gasteiger charge is -2.31. The number of thioether (sulfide) groups is 1. The summed E-state index contributed by atoms with van der Waals surface area (Å²) in [6.45, 7) is 4.30. The fraction of sp³-hybridized carbons (Fsp3) is 0.882. The molecule has 0 bridgehead atoms. The molecule has 2 aliphatic rings. The summed E-state index contributed by atoms with van der Waals surface area (Å²) in [5.41, 5.74) is 5.85. The average Bonchev–Trinajstić information content (AvgIpc) is 2.98. The van der Waals surface area contributed by atoms with E-state index in [0.29, 0.717) is 24.1 Å². The van der Waals surface area contributed by atoms with E-state index in [1.54, 1.807) is 0 Å². The third-order valence-corrected chi connectivity index (χ3v) is 6.27. The van der Waals surface area contributed by atoms with Crippen molar-refractivity contribution in [3.63, 3.8) is 0 Å². The first-order chi connectivity index (χ1) is 10.9. The molecule has 1 aliphatic heterocycles. The lowest BCUT2D eigenvalue weighted by atomic mass is 9.90. The monoisotopic (exact) mass is 377 g/mol. The summed E-state index contributed by atoms with van der Waals surface area (Å²) in [7, 11) is 1.91. The van der Waals surface area contributed by atoms with Crippen LogP contribution in [0.3, 0.4) is 0 Å². The van der Waals surface area contributed by atoms with Crippen LogP contribution in [0.1, 0.15) is 45.4 Å². The maximum Gasteiger partial charge on any atom is 0.232 e. The van der Waals surface area contributed by atoms with Crippen molar-refractivity contribution in [3.8, 4) is 0 Å². The van der Waals surface area contributed by atoms with Gasteiger partial charge in [-0.25, -0.2) is 0 Å². The van der Waals surface area contributed by atoms with Gasteiger partial charge in [0.05, 0.1) is 11.5 Å². The van der Waals surface area contributed by atoms with Crippen molar-refractivity contribution in [1.29, 1.82) is 0 Å². The topological polar surface area (TPSA) is 66.6 Å². The maximum absolute atomic E-state index is 12.3. The molecule has 2 rings (SSSR count). The second-order valence-electron chi connectivity index (χ2n) is 7.37. The number of likely N-dealkylation sites (tertiary alicyclic amines) is 1. The Hall–Kier alpha value is -0.460. The van der Waals surface area contributed by atoms with Gasteiger partial charge in [0.15, 0.2) is 0 Å². The van der Waals surface area contributed by atoms with Gasteiger partial charge in [0, 0.05) is 26.2 Å². The van der Waals surface area contributed by atoms with Gasteiger partial charge in [0.1, 0.15) is 0 Å². The molecule has 1 aliphatic carbocycles. The highest BCUT2D eigenvalue weighted by atomic mass is 35.5. The van der Waals surface area contributed by atoms with Crippen LogP contribution in [0.5, 0.6) is 0 Å². The first-order valence-electron chi connectivity index (χ1n) is 8.76. The van der Waals surface area contributed by atoms with Crippen molar-refractivity contribution in [2.24, 2.45) is 11.1 Å². The SMILES string of the molecule is CN(C(=O)CSCC(=O)N1CCC(C)(CN)C1)C1CCCCC1.Cl. The summed E-state index contributed by atoms with van der Waals surface area (Å²) >= 11 is 1.44. The summed E-state index contributed by atoms with van der Waals surface area (Å²) < 4.78 is 0. The van der Waals surface area contributed by atoms with E-state index in [2.05, 4.69) is 6.92 Å². The summed E-state index contributed by atoms with van der Waals surface area (Å²) in [5.74, 6) is 1.09. The van der Waals surface area contributed by atoms with E-state index in [1.165, 1.54) is 31.0 Å². The zero-order valence-corrected chi connectivity index (χ0v) is 16.6. The van der Waals surface area contributed by atoms with Crippen molar-refractivity contribution in [1.82, 2.24) is 9.80 Å². The Morgan fingerprint density at radius 1 is 1.25 bits per heavy atom. The number of rotatable bonds is 6. The highest BCUT2D eigenvalue weighted by molar-refractivity contribution is 8.00. The number of hydrogen-bond donors (Lipinski definition) is 1. The van der Waals surface area contributed by atoms with Gasteiger partial charge >= 0.3 is 0 Å².